The van der Waals surface area contributed by atoms with Crippen LogP contribution in [0, 0.1) is 5.41 Å². The number of rotatable bonds is 5. The molecule has 0 aromatic rings. The van der Waals surface area contributed by atoms with Crippen molar-refractivity contribution in [2.45, 2.75) is 78.8 Å². The van der Waals surface area contributed by atoms with Crippen LogP contribution in [-0.2, 0) is 9.59 Å². The van der Waals surface area contributed by atoms with E-state index in [0.29, 0.717) is 12.8 Å². The average molecular weight is 296 g/mol. The number of ketones is 1. The second-order valence-electron chi connectivity index (χ2n) is 8.19. The van der Waals surface area contributed by atoms with Crippen LogP contribution in [0.15, 0.2) is 0 Å². The molecule has 0 bridgehead atoms. The molecule has 1 N–H and O–H groups in total. The van der Waals surface area contributed by atoms with E-state index in [1.165, 1.54) is 0 Å². The minimum Gasteiger partial charge on any atom is -0.343 e. The van der Waals surface area contributed by atoms with Gasteiger partial charge in [0.05, 0.1) is 6.04 Å². The minimum absolute atomic E-state index is 0.137. The largest absolute Gasteiger partial charge is 0.343 e. The molecule has 1 aliphatic rings. The zero-order chi connectivity index (χ0) is 16.3. The van der Waals surface area contributed by atoms with Crippen LogP contribution in [0.25, 0.3) is 0 Å². The van der Waals surface area contributed by atoms with Gasteiger partial charge in [-0.3, -0.25) is 9.59 Å². The molecule has 1 saturated heterocycles. The number of Topliss-reactive ketones (excluding diaryl/α,β-unsaturated/α-hetero) is 1. The lowest BCUT2D eigenvalue weighted by Gasteiger charge is -2.32. The van der Waals surface area contributed by atoms with Crippen molar-refractivity contribution in [2.24, 2.45) is 5.41 Å². The molecule has 0 saturated carbocycles. The standard InChI is InChI=1S/C17H32N2O2/c1-16(2,3)15(21)13(18-17(4,5)6)9-10-14(20)19-11-7-8-12-19/h13,18H,7-12H2,1-6H3. The van der Waals surface area contributed by atoms with E-state index in [4.69, 9.17) is 0 Å². The summed E-state index contributed by atoms with van der Waals surface area (Å²) in [5.41, 5.74) is -0.526. The van der Waals surface area contributed by atoms with Crippen molar-refractivity contribution in [1.82, 2.24) is 10.2 Å². The first-order valence-corrected chi connectivity index (χ1v) is 8.10. The lowest BCUT2D eigenvalue weighted by molar-refractivity contribution is -0.131. The van der Waals surface area contributed by atoms with Crippen LogP contribution in [-0.4, -0.2) is 41.3 Å². The van der Waals surface area contributed by atoms with Crippen molar-refractivity contribution >= 4 is 11.7 Å². The molecule has 1 rings (SSSR count). The molecule has 1 heterocycles. The zero-order valence-corrected chi connectivity index (χ0v) is 14.6. The maximum Gasteiger partial charge on any atom is 0.222 e. The van der Waals surface area contributed by atoms with E-state index in [9.17, 15) is 9.59 Å². The van der Waals surface area contributed by atoms with Crippen molar-refractivity contribution in [3.63, 3.8) is 0 Å². The van der Waals surface area contributed by atoms with Crippen LogP contribution in [0.5, 0.6) is 0 Å². The van der Waals surface area contributed by atoms with Gasteiger partial charge in [-0.25, -0.2) is 0 Å². The minimum atomic E-state index is -0.389. The Hall–Kier alpha value is -0.900. The molecule has 4 nitrogen and oxygen atoms in total. The summed E-state index contributed by atoms with van der Waals surface area (Å²) in [7, 11) is 0. The number of hydrogen-bond acceptors (Lipinski definition) is 3. The van der Waals surface area contributed by atoms with Gasteiger partial charge in [-0.05, 0) is 40.0 Å². The highest BCUT2D eigenvalue weighted by Crippen LogP contribution is 2.21. The summed E-state index contributed by atoms with van der Waals surface area (Å²) < 4.78 is 0. The predicted octanol–water partition coefficient (Wildman–Crippen LogP) is 2.76. The van der Waals surface area contributed by atoms with Gasteiger partial charge in [0.15, 0.2) is 5.78 Å². The van der Waals surface area contributed by atoms with Crippen LogP contribution in [0.4, 0.5) is 0 Å². The van der Waals surface area contributed by atoms with Gasteiger partial charge in [0.1, 0.15) is 0 Å². The molecule has 0 aromatic heterocycles. The van der Waals surface area contributed by atoms with Crippen LogP contribution in [0.3, 0.4) is 0 Å². The number of carbonyl (C=O) groups is 2. The van der Waals surface area contributed by atoms with E-state index < -0.39 is 0 Å². The Morgan fingerprint density at radius 2 is 1.57 bits per heavy atom. The smallest absolute Gasteiger partial charge is 0.222 e. The highest BCUT2D eigenvalue weighted by molar-refractivity contribution is 5.89. The number of nitrogens with zero attached hydrogens (tertiary/aromatic N) is 1. The van der Waals surface area contributed by atoms with E-state index in [0.717, 1.165) is 25.9 Å². The Morgan fingerprint density at radius 3 is 2.00 bits per heavy atom. The fraction of sp³-hybridized carbons (Fsp3) is 0.882. The summed E-state index contributed by atoms with van der Waals surface area (Å²) in [4.78, 5) is 26.7. The summed E-state index contributed by atoms with van der Waals surface area (Å²) in [6, 6.07) is -0.253. The van der Waals surface area contributed by atoms with E-state index in [1.807, 2.05) is 25.7 Å². The molecule has 0 spiro atoms. The van der Waals surface area contributed by atoms with E-state index >= 15 is 0 Å². The molecule has 4 heteroatoms. The van der Waals surface area contributed by atoms with Crippen LogP contribution >= 0.6 is 0 Å². The van der Waals surface area contributed by atoms with E-state index in [-0.39, 0.29) is 28.7 Å². The van der Waals surface area contributed by atoms with Gasteiger partial charge in [-0.15, -0.1) is 0 Å². The average Bonchev–Trinajstić information content (AvgIpc) is 2.84. The number of nitrogens with one attached hydrogen (secondary N) is 1. The van der Waals surface area contributed by atoms with Gasteiger partial charge in [0.2, 0.25) is 5.91 Å². The van der Waals surface area contributed by atoms with Crippen molar-refractivity contribution < 1.29 is 9.59 Å². The van der Waals surface area contributed by atoms with E-state index in [2.05, 4.69) is 26.1 Å². The van der Waals surface area contributed by atoms with Gasteiger partial charge in [-0.1, -0.05) is 20.8 Å². The Balaban J connectivity index is 2.64. The highest BCUT2D eigenvalue weighted by Gasteiger charge is 2.32. The molecule has 1 aliphatic heterocycles. The van der Waals surface area contributed by atoms with Gasteiger partial charge >= 0.3 is 0 Å². The lowest BCUT2D eigenvalue weighted by Crippen LogP contribution is -2.51. The summed E-state index contributed by atoms with van der Waals surface area (Å²) in [5.74, 6) is 0.376. The maximum atomic E-state index is 12.6. The van der Waals surface area contributed by atoms with Crippen molar-refractivity contribution in [1.29, 1.82) is 0 Å². The van der Waals surface area contributed by atoms with Crippen molar-refractivity contribution in [3.05, 3.63) is 0 Å². The summed E-state index contributed by atoms with van der Waals surface area (Å²) in [6.07, 6.45) is 3.25. The fourth-order valence-electron chi connectivity index (χ4n) is 2.71. The predicted molar refractivity (Wildman–Crippen MR) is 86.2 cm³/mol. The number of carbonyl (C=O) groups excluding carboxylic acids is 2. The topological polar surface area (TPSA) is 49.4 Å². The van der Waals surface area contributed by atoms with Crippen LogP contribution < -0.4 is 5.32 Å². The van der Waals surface area contributed by atoms with E-state index in [1.54, 1.807) is 0 Å². The Morgan fingerprint density at radius 1 is 1.05 bits per heavy atom. The molecule has 122 valence electrons. The normalized spacial score (nSPS) is 17.9. The van der Waals surface area contributed by atoms with Gasteiger partial charge in [-0.2, -0.15) is 0 Å². The van der Waals surface area contributed by atoms with Gasteiger partial charge in [0, 0.05) is 30.5 Å². The number of amides is 1. The van der Waals surface area contributed by atoms with Crippen molar-refractivity contribution in [2.75, 3.05) is 13.1 Å². The second kappa shape index (κ2) is 6.91. The van der Waals surface area contributed by atoms with Gasteiger partial charge < -0.3 is 10.2 Å². The molecular formula is C17H32N2O2. The molecule has 21 heavy (non-hydrogen) atoms. The highest BCUT2D eigenvalue weighted by atomic mass is 16.2. The Bertz CT molecular complexity index is 371. The molecule has 1 amide bonds. The first kappa shape index (κ1) is 18.1. The quantitative estimate of drug-likeness (QED) is 0.848. The van der Waals surface area contributed by atoms with Gasteiger partial charge in [0.25, 0.3) is 0 Å². The fourth-order valence-corrected chi connectivity index (χ4v) is 2.71. The SMILES string of the molecule is CC(C)(C)NC(CCC(=O)N1CCCC1)C(=O)C(C)(C)C. The van der Waals surface area contributed by atoms with Crippen LogP contribution in [0.1, 0.15) is 67.2 Å². The first-order chi connectivity index (χ1) is 9.50. The first-order valence-electron chi connectivity index (χ1n) is 8.10. The third kappa shape index (κ3) is 6.16. The molecule has 0 radical (unpaired) electrons. The Kier molecular flexibility index (Phi) is 5.97. The summed E-state index contributed by atoms with van der Waals surface area (Å²) in [5, 5.41) is 3.39. The van der Waals surface area contributed by atoms with Crippen LogP contribution in [0.2, 0.25) is 0 Å². The molecule has 0 aliphatic carbocycles. The number of hydrogen-bond donors (Lipinski definition) is 1. The summed E-state index contributed by atoms with van der Waals surface area (Å²) in [6.45, 7) is 13.7. The van der Waals surface area contributed by atoms with Crippen molar-refractivity contribution in [3.8, 4) is 0 Å². The Labute approximate surface area is 129 Å². The molecule has 0 aromatic carbocycles. The lowest BCUT2D eigenvalue weighted by atomic mass is 9.84. The summed E-state index contributed by atoms with van der Waals surface area (Å²) >= 11 is 0. The molecular weight excluding hydrogens is 264 g/mol. The molecule has 1 atom stereocenters. The monoisotopic (exact) mass is 296 g/mol. The zero-order valence-electron chi connectivity index (χ0n) is 14.6. The number of likely N-dealkylation sites (tertiary alicyclic amines) is 1. The second-order valence-corrected chi connectivity index (χ2v) is 8.19. The maximum absolute atomic E-state index is 12.6. The third-order valence-electron chi connectivity index (χ3n) is 3.77. The third-order valence-corrected chi connectivity index (χ3v) is 3.77. The molecule has 1 unspecified atom stereocenters. The molecule has 1 fully saturated rings.